The second kappa shape index (κ2) is 7.65. The van der Waals surface area contributed by atoms with Crippen molar-refractivity contribution in [2.75, 3.05) is 0 Å². The maximum atomic E-state index is 8.36. The zero-order chi connectivity index (χ0) is 14.9. The summed E-state index contributed by atoms with van der Waals surface area (Å²) in [5.41, 5.74) is 5.04. The predicted octanol–water partition coefficient (Wildman–Crippen LogP) is 4.72. The van der Waals surface area contributed by atoms with Crippen molar-refractivity contribution in [1.82, 2.24) is 0 Å². The molecular formula is C19H16O2. The molecule has 1 N–H and O–H groups in total. The van der Waals surface area contributed by atoms with Crippen molar-refractivity contribution in [3.8, 4) is 22.3 Å². The van der Waals surface area contributed by atoms with Gasteiger partial charge in [0.15, 0.2) is 0 Å². The molecule has 0 fully saturated rings. The van der Waals surface area contributed by atoms with Gasteiger partial charge in [-0.1, -0.05) is 78.9 Å². The molecule has 0 aliphatic rings. The largest absolute Gasteiger partial charge is 0.483 e. The van der Waals surface area contributed by atoms with Gasteiger partial charge in [-0.25, -0.2) is 0 Å². The van der Waals surface area contributed by atoms with Gasteiger partial charge in [0.2, 0.25) is 0 Å². The Morgan fingerprint density at radius 2 is 0.905 bits per heavy atom. The number of hydrogen-bond donors (Lipinski definition) is 1. The topological polar surface area (TPSA) is 37.3 Å². The average molecular weight is 276 g/mol. The Morgan fingerprint density at radius 3 is 1.29 bits per heavy atom. The van der Waals surface area contributed by atoms with Crippen molar-refractivity contribution in [3.05, 3.63) is 84.9 Å². The fourth-order valence-electron chi connectivity index (χ4n) is 2.14. The second-order valence-electron chi connectivity index (χ2n) is 4.42. The van der Waals surface area contributed by atoms with E-state index in [2.05, 4.69) is 72.8 Å². The highest BCUT2D eigenvalue weighted by atomic mass is 16.3. The lowest BCUT2D eigenvalue weighted by atomic mass is 9.99. The van der Waals surface area contributed by atoms with Gasteiger partial charge >= 0.3 is 0 Å². The summed E-state index contributed by atoms with van der Waals surface area (Å²) in [6.45, 7) is -0.250. The summed E-state index contributed by atoms with van der Waals surface area (Å²) in [6.07, 6.45) is 0. The van der Waals surface area contributed by atoms with Crippen LogP contribution < -0.4 is 0 Å². The molecule has 0 saturated carbocycles. The Labute approximate surface area is 124 Å². The van der Waals surface area contributed by atoms with E-state index in [0.29, 0.717) is 0 Å². The van der Waals surface area contributed by atoms with E-state index in [4.69, 9.17) is 9.90 Å². The van der Waals surface area contributed by atoms with Crippen LogP contribution in [0.5, 0.6) is 0 Å². The second-order valence-corrected chi connectivity index (χ2v) is 4.42. The molecule has 0 aromatic heterocycles. The molecule has 21 heavy (non-hydrogen) atoms. The van der Waals surface area contributed by atoms with Crippen LogP contribution in [0, 0.1) is 0 Å². The number of hydrogen-bond acceptors (Lipinski definition) is 1. The van der Waals surface area contributed by atoms with Gasteiger partial charge in [0.1, 0.15) is 0 Å². The molecule has 0 aliphatic carbocycles. The van der Waals surface area contributed by atoms with Crippen LogP contribution in [0.2, 0.25) is 0 Å². The summed E-state index contributed by atoms with van der Waals surface area (Å²) >= 11 is 0. The molecule has 0 atom stereocenters. The Balaban J connectivity index is 0.000000497. The predicted molar refractivity (Wildman–Crippen MR) is 86.0 cm³/mol. The number of carboxylic acid groups (broad SMARTS) is 1. The minimum atomic E-state index is -0.250. The zero-order valence-corrected chi connectivity index (χ0v) is 11.5. The molecule has 0 saturated heterocycles. The van der Waals surface area contributed by atoms with E-state index in [1.807, 2.05) is 12.1 Å². The van der Waals surface area contributed by atoms with Crippen LogP contribution in [0.1, 0.15) is 0 Å². The molecule has 3 aromatic carbocycles. The fourth-order valence-corrected chi connectivity index (χ4v) is 2.14. The van der Waals surface area contributed by atoms with Crippen LogP contribution >= 0.6 is 0 Å². The molecule has 0 radical (unpaired) electrons. The lowest BCUT2D eigenvalue weighted by Crippen LogP contribution is -1.80. The van der Waals surface area contributed by atoms with Crippen LogP contribution in [0.4, 0.5) is 0 Å². The maximum absolute atomic E-state index is 8.36. The zero-order valence-electron chi connectivity index (χ0n) is 11.5. The summed E-state index contributed by atoms with van der Waals surface area (Å²) in [7, 11) is 0. The van der Waals surface area contributed by atoms with Crippen molar-refractivity contribution in [3.63, 3.8) is 0 Å². The van der Waals surface area contributed by atoms with E-state index >= 15 is 0 Å². The highest BCUT2D eigenvalue weighted by Crippen LogP contribution is 2.25. The lowest BCUT2D eigenvalue weighted by Gasteiger charge is -2.05. The molecule has 104 valence electrons. The first kappa shape index (κ1) is 14.5. The summed E-state index contributed by atoms with van der Waals surface area (Å²) in [5.74, 6) is 0. The summed E-state index contributed by atoms with van der Waals surface area (Å²) < 4.78 is 0. The molecule has 3 rings (SSSR count). The Morgan fingerprint density at radius 1 is 0.571 bits per heavy atom. The third-order valence-corrected chi connectivity index (χ3v) is 3.08. The lowest BCUT2D eigenvalue weighted by molar-refractivity contribution is -0.122. The first-order valence-electron chi connectivity index (χ1n) is 6.64. The first-order valence-corrected chi connectivity index (χ1v) is 6.64. The Bertz CT molecular complexity index is 621. The molecule has 0 unspecified atom stereocenters. The smallest absolute Gasteiger partial charge is 0.290 e. The SMILES string of the molecule is O=CO.c1ccc(-c2cccc(-c3ccccc3)c2)cc1. The van der Waals surface area contributed by atoms with Crippen LogP contribution in [0.15, 0.2) is 84.9 Å². The standard InChI is InChI=1S/C18H14.CH2O2/c1-3-8-15(9-4-1)17-12-7-13-18(14-17)16-10-5-2-6-11-16;2-1-3/h1-14H;1H,(H,2,3). The monoisotopic (exact) mass is 276 g/mol. The van der Waals surface area contributed by atoms with Crippen molar-refractivity contribution in [2.45, 2.75) is 0 Å². The van der Waals surface area contributed by atoms with Gasteiger partial charge in [0.05, 0.1) is 0 Å². The highest BCUT2D eigenvalue weighted by molar-refractivity contribution is 5.72. The molecule has 0 amide bonds. The fraction of sp³-hybridized carbons (Fsp3) is 0. The van der Waals surface area contributed by atoms with Gasteiger partial charge < -0.3 is 5.11 Å². The normalized spacial score (nSPS) is 9.33. The van der Waals surface area contributed by atoms with Crippen molar-refractivity contribution in [2.24, 2.45) is 0 Å². The minimum Gasteiger partial charge on any atom is -0.483 e. The van der Waals surface area contributed by atoms with E-state index in [-0.39, 0.29) is 6.47 Å². The van der Waals surface area contributed by atoms with E-state index in [0.717, 1.165) is 0 Å². The summed E-state index contributed by atoms with van der Waals surface area (Å²) in [5, 5.41) is 6.89. The van der Waals surface area contributed by atoms with Crippen LogP contribution in [0.3, 0.4) is 0 Å². The van der Waals surface area contributed by atoms with Gasteiger partial charge in [0.25, 0.3) is 6.47 Å². The van der Waals surface area contributed by atoms with Gasteiger partial charge in [-0.3, -0.25) is 4.79 Å². The maximum Gasteiger partial charge on any atom is 0.290 e. The number of rotatable bonds is 2. The van der Waals surface area contributed by atoms with Crippen LogP contribution in [-0.2, 0) is 4.79 Å². The number of benzene rings is 3. The molecule has 2 nitrogen and oxygen atoms in total. The van der Waals surface area contributed by atoms with Crippen molar-refractivity contribution >= 4 is 6.47 Å². The average Bonchev–Trinajstić information content (AvgIpc) is 2.57. The Hall–Kier alpha value is -2.87. The molecule has 3 aromatic rings. The van der Waals surface area contributed by atoms with Crippen molar-refractivity contribution < 1.29 is 9.90 Å². The van der Waals surface area contributed by atoms with Gasteiger partial charge in [-0.05, 0) is 28.3 Å². The van der Waals surface area contributed by atoms with Gasteiger partial charge in [-0.15, -0.1) is 0 Å². The summed E-state index contributed by atoms with van der Waals surface area (Å²) in [6, 6.07) is 29.6. The summed E-state index contributed by atoms with van der Waals surface area (Å²) in [4.78, 5) is 8.36. The van der Waals surface area contributed by atoms with Crippen molar-refractivity contribution in [1.29, 1.82) is 0 Å². The molecule has 0 bridgehead atoms. The van der Waals surface area contributed by atoms with Crippen LogP contribution in [-0.4, -0.2) is 11.6 Å². The quantitative estimate of drug-likeness (QED) is 0.687. The minimum absolute atomic E-state index is 0.250. The van der Waals surface area contributed by atoms with E-state index in [1.165, 1.54) is 22.3 Å². The molecule has 2 heteroatoms. The first-order chi connectivity index (χ1) is 10.3. The molecule has 0 aliphatic heterocycles. The third-order valence-electron chi connectivity index (χ3n) is 3.08. The van der Waals surface area contributed by atoms with Gasteiger partial charge in [-0.2, -0.15) is 0 Å². The van der Waals surface area contributed by atoms with E-state index in [1.54, 1.807) is 0 Å². The highest BCUT2D eigenvalue weighted by Gasteiger charge is 2.00. The van der Waals surface area contributed by atoms with Gasteiger partial charge in [0, 0.05) is 0 Å². The molecule has 0 heterocycles. The van der Waals surface area contributed by atoms with E-state index in [9.17, 15) is 0 Å². The van der Waals surface area contributed by atoms with E-state index < -0.39 is 0 Å². The molecular weight excluding hydrogens is 260 g/mol. The Kier molecular flexibility index (Phi) is 5.30. The third kappa shape index (κ3) is 4.05. The van der Waals surface area contributed by atoms with Crippen LogP contribution in [0.25, 0.3) is 22.3 Å². The number of carbonyl (C=O) groups is 1. The molecule has 0 spiro atoms.